The number of rotatable bonds is 6. The van der Waals surface area contributed by atoms with Gasteiger partial charge in [-0.3, -0.25) is 4.79 Å². The quantitative estimate of drug-likeness (QED) is 0.561. The van der Waals surface area contributed by atoms with Crippen LogP contribution in [0.15, 0.2) is 35.5 Å². The molecule has 0 saturated heterocycles. The van der Waals surface area contributed by atoms with Gasteiger partial charge in [0.05, 0.1) is 12.2 Å². The van der Waals surface area contributed by atoms with Crippen molar-refractivity contribution in [1.82, 2.24) is 0 Å². The molecule has 0 heterocycles. The van der Waals surface area contributed by atoms with Gasteiger partial charge in [0.25, 0.3) is 0 Å². The van der Waals surface area contributed by atoms with Crippen molar-refractivity contribution in [2.75, 3.05) is 0 Å². The van der Waals surface area contributed by atoms with Gasteiger partial charge in [0.1, 0.15) is 5.60 Å². The van der Waals surface area contributed by atoms with Crippen molar-refractivity contribution in [3.05, 3.63) is 35.5 Å². The van der Waals surface area contributed by atoms with Crippen LogP contribution in [-0.2, 0) is 4.79 Å². The molecule has 3 N–H and O–H groups in total. The first kappa shape index (κ1) is 24.4. The number of ketones is 1. The Kier molecular flexibility index (Phi) is 7.35. The second kappa shape index (κ2) is 9.33. The van der Waals surface area contributed by atoms with Crippen molar-refractivity contribution in [2.24, 2.45) is 23.2 Å². The van der Waals surface area contributed by atoms with Gasteiger partial charge in [-0.15, -0.1) is 0 Å². The highest BCUT2D eigenvalue weighted by atomic mass is 16.3. The van der Waals surface area contributed by atoms with E-state index in [-0.39, 0.29) is 11.2 Å². The zero-order chi connectivity index (χ0) is 23.0. The molecule has 0 aromatic heterocycles. The lowest BCUT2D eigenvalue weighted by atomic mass is 9.60. The molecule has 3 fully saturated rings. The molecule has 0 radical (unpaired) electrons. The number of carbonyl (C=O) groups is 1. The number of Topliss-reactive ketones (excluding diaryl/α,β-unsaturated/α-hetero) is 1. The third-order valence-electron chi connectivity index (χ3n) is 8.50. The maximum Gasteiger partial charge on any atom is 0.163 e. The Labute approximate surface area is 188 Å². The lowest BCUT2D eigenvalue weighted by molar-refractivity contribution is -0.134. The molecule has 1 unspecified atom stereocenters. The van der Waals surface area contributed by atoms with Crippen LogP contribution < -0.4 is 0 Å². The normalized spacial score (nSPS) is 37.8. The van der Waals surface area contributed by atoms with Gasteiger partial charge in [-0.25, -0.2) is 0 Å². The first-order valence-electron chi connectivity index (χ1n) is 12.1. The van der Waals surface area contributed by atoms with Gasteiger partial charge >= 0.3 is 0 Å². The molecule has 4 heteroatoms. The number of aliphatic hydroxyl groups is 3. The highest BCUT2D eigenvalue weighted by Gasteiger charge is 2.50. The molecule has 3 aliphatic carbocycles. The van der Waals surface area contributed by atoms with Gasteiger partial charge in [-0.1, -0.05) is 38.2 Å². The molecular weight excluding hydrogens is 388 g/mol. The van der Waals surface area contributed by atoms with Crippen molar-refractivity contribution in [3.63, 3.8) is 0 Å². The number of hydrogen-bond acceptors (Lipinski definition) is 4. The van der Waals surface area contributed by atoms with Crippen LogP contribution in [0.2, 0.25) is 0 Å². The summed E-state index contributed by atoms with van der Waals surface area (Å²) in [6.07, 6.45) is 11.3. The number of allylic oxidation sites excluding steroid dienone is 3. The fraction of sp³-hybridized carbons (Fsp3) is 0.741. The first-order valence-corrected chi connectivity index (χ1v) is 12.1. The van der Waals surface area contributed by atoms with Gasteiger partial charge < -0.3 is 15.3 Å². The van der Waals surface area contributed by atoms with E-state index in [0.29, 0.717) is 37.0 Å². The summed E-state index contributed by atoms with van der Waals surface area (Å²) >= 11 is 0. The van der Waals surface area contributed by atoms with E-state index in [2.05, 4.69) is 32.6 Å². The van der Waals surface area contributed by atoms with Crippen molar-refractivity contribution < 1.29 is 20.1 Å². The fourth-order valence-electron chi connectivity index (χ4n) is 6.55. The highest BCUT2D eigenvalue weighted by Crippen LogP contribution is 2.59. The summed E-state index contributed by atoms with van der Waals surface area (Å²) in [4.78, 5) is 12.2. The number of fused-ring (bicyclic) bond motifs is 1. The molecular formula is C27H42O4. The molecule has 4 nitrogen and oxygen atoms in total. The maximum absolute atomic E-state index is 12.2. The van der Waals surface area contributed by atoms with E-state index in [9.17, 15) is 20.1 Å². The van der Waals surface area contributed by atoms with E-state index in [1.807, 2.05) is 0 Å². The van der Waals surface area contributed by atoms with Crippen LogP contribution in [-0.4, -0.2) is 38.9 Å². The Morgan fingerprint density at radius 3 is 2.68 bits per heavy atom. The summed E-state index contributed by atoms with van der Waals surface area (Å²) in [5.41, 5.74) is 2.23. The highest BCUT2D eigenvalue weighted by molar-refractivity contribution is 5.86. The lowest BCUT2D eigenvalue weighted by Gasteiger charge is -2.44. The minimum atomic E-state index is -1.24. The Morgan fingerprint density at radius 2 is 2.00 bits per heavy atom. The predicted molar refractivity (Wildman–Crippen MR) is 124 cm³/mol. The summed E-state index contributed by atoms with van der Waals surface area (Å²) in [6, 6.07) is 0. The van der Waals surface area contributed by atoms with Crippen LogP contribution in [0.25, 0.3) is 0 Å². The monoisotopic (exact) mass is 430 g/mol. The van der Waals surface area contributed by atoms with E-state index in [1.165, 1.54) is 31.3 Å². The maximum atomic E-state index is 12.2. The molecule has 31 heavy (non-hydrogen) atoms. The third-order valence-corrected chi connectivity index (χ3v) is 8.50. The second-order valence-electron chi connectivity index (χ2n) is 11.2. The van der Waals surface area contributed by atoms with E-state index in [0.717, 1.165) is 24.0 Å². The summed E-state index contributed by atoms with van der Waals surface area (Å²) in [5, 5.41) is 30.1. The molecule has 0 bridgehead atoms. The minimum absolute atomic E-state index is 0.0630. The second-order valence-corrected chi connectivity index (χ2v) is 11.2. The first-order chi connectivity index (χ1) is 14.4. The van der Waals surface area contributed by atoms with Crippen LogP contribution in [0.4, 0.5) is 0 Å². The zero-order valence-electron chi connectivity index (χ0n) is 19.9. The van der Waals surface area contributed by atoms with Gasteiger partial charge in [0.15, 0.2) is 5.78 Å². The Balaban J connectivity index is 1.72. The summed E-state index contributed by atoms with van der Waals surface area (Å²) in [7, 11) is 0. The fourth-order valence-corrected chi connectivity index (χ4v) is 6.55. The van der Waals surface area contributed by atoms with Crippen molar-refractivity contribution >= 4 is 5.78 Å². The van der Waals surface area contributed by atoms with Crippen LogP contribution in [0.5, 0.6) is 0 Å². The van der Waals surface area contributed by atoms with Gasteiger partial charge in [-0.05, 0) is 93.1 Å². The molecule has 3 rings (SSSR count). The smallest absolute Gasteiger partial charge is 0.163 e. The summed E-state index contributed by atoms with van der Waals surface area (Å²) in [6.45, 7) is 11.9. The van der Waals surface area contributed by atoms with Crippen LogP contribution in [0, 0.1) is 23.2 Å². The molecule has 174 valence electrons. The largest absolute Gasteiger partial charge is 0.393 e. The average molecular weight is 431 g/mol. The molecule has 3 saturated carbocycles. The number of carbonyl (C=O) groups excluding carboxylic acids is 1. The molecule has 6 atom stereocenters. The van der Waals surface area contributed by atoms with E-state index in [4.69, 9.17) is 0 Å². The van der Waals surface area contributed by atoms with Crippen molar-refractivity contribution in [3.8, 4) is 0 Å². The van der Waals surface area contributed by atoms with Gasteiger partial charge in [0.2, 0.25) is 0 Å². The zero-order valence-corrected chi connectivity index (χ0v) is 19.9. The molecule has 0 aliphatic heterocycles. The Hall–Kier alpha value is -1.23. The molecule has 0 amide bonds. The topological polar surface area (TPSA) is 77.8 Å². The Morgan fingerprint density at radius 1 is 1.29 bits per heavy atom. The Bertz CT molecular complexity index is 756. The van der Waals surface area contributed by atoms with E-state index >= 15 is 0 Å². The van der Waals surface area contributed by atoms with Crippen LogP contribution >= 0.6 is 0 Å². The lowest BCUT2D eigenvalue weighted by Crippen LogP contribution is -2.36. The summed E-state index contributed by atoms with van der Waals surface area (Å²) < 4.78 is 0. The summed E-state index contributed by atoms with van der Waals surface area (Å²) in [5.74, 6) is 1.55. The molecule has 3 aliphatic rings. The third kappa shape index (κ3) is 5.23. The minimum Gasteiger partial charge on any atom is -0.393 e. The van der Waals surface area contributed by atoms with Gasteiger partial charge in [-0.2, -0.15) is 0 Å². The predicted octanol–water partition coefficient (Wildman–Crippen LogP) is 4.88. The van der Waals surface area contributed by atoms with Crippen molar-refractivity contribution in [1.29, 1.82) is 0 Å². The molecule has 0 aromatic carbocycles. The number of aliphatic hydroxyl groups excluding tert-OH is 2. The molecule has 0 aromatic rings. The van der Waals surface area contributed by atoms with Crippen molar-refractivity contribution in [2.45, 2.75) is 103 Å². The molecule has 0 spiro atoms. The average Bonchev–Trinajstić information content (AvgIpc) is 3.04. The van der Waals surface area contributed by atoms with Crippen LogP contribution in [0.3, 0.4) is 0 Å². The standard InChI is InChI=1S/C27H42O4/c1-17(8-13-25(30)26(3,4)31)22-11-12-23-19(7-6-14-27(22,23)5)9-10-20-15-21(28)16-24(29)18(20)2/h9-10,17,21-24,28-29,31H,2,6-8,11-16H2,1,3-5H3/b19-9+,20-10-/t17-,21+,22+,23?,24-,27+/m0/s1. The van der Waals surface area contributed by atoms with Crippen LogP contribution in [0.1, 0.15) is 85.5 Å². The number of hydrogen-bond donors (Lipinski definition) is 3. The SMILES string of the molecule is C=C1/C(=C\C=C2/CCC[C@@]3(C)C2CC[C@@H]3[C@@H](C)CCC(=O)C(C)(C)O)C[C@@H](O)C[C@@H]1O. The van der Waals surface area contributed by atoms with Gasteiger partial charge in [0, 0.05) is 12.8 Å². The van der Waals surface area contributed by atoms with E-state index in [1.54, 1.807) is 13.8 Å². The van der Waals surface area contributed by atoms with E-state index < -0.39 is 17.8 Å².